The van der Waals surface area contributed by atoms with Crippen LogP contribution in [-0.4, -0.2) is 26.3 Å². The van der Waals surface area contributed by atoms with Gasteiger partial charge in [-0.25, -0.2) is 0 Å². The lowest BCUT2D eigenvalue weighted by Crippen LogP contribution is -2.30. The molecule has 0 saturated heterocycles. The van der Waals surface area contributed by atoms with Gasteiger partial charge < -0.3 is 14.8 Å². The predicted octanol–water partition coefficient (Wildman–Crippen LogP) is 5.08. The van der Waals surface area contributed by atoms with E-state index in [4.69, 9.17) is 0 Å². The topological polar surface area (TPSA) is 80.1 Å². The van der Waals surface area contributed by atoms with Crippen LogP contribution in [0, 0.1) is 0 Å². The zero-order valence-electron chi connectivity index (χ0n) is 20.6. The lowest BCUT2D eigenvalue weighted by atomic mass is 10.0. The average Bonchev–Trinajstić information content (AvgIpc) is 3.29. The molecule has 2 amide bonds. The maximum atomic E-state index is 13.8. The van der Waals surface area contributed by atoms with Crippen molar-refractivity contribution in [1.29, 1.82) is 0 Å². The number of fused-ring (bicyclic) bond motifs is 2. The average molecular weight is 500 g/mol. The summed E-state index contributed by atoms with van der Waals surface area (Å²) >= 11 is 0. The minimum absolute atomic E-state index is 0.0871. The maximum Gasteiger partial charge on any atom is 0.268 e. The van der Waals surface area contributed by atoms with Gasteiger partial charge in [0.05, 0.1) is 13.1 Å². The zero-order chi connectivity index (χ0) is 25.9. The number of hydrogen-bond donors (Lipinski definition) is 1. The van der Waals surface area contributed by atoms with Crippen molar-refractivity contribution in [2.24, 2.45) is 0 Å². The first kappa shape index (κ1) is 23.4. The molecule has 0 saturated carbocycles. The summed E-state index contributed by atoms with van der Waals surface area (Å²) < 4.78 is 2.00. The molecule has 7 nitrogen and oxygen atoms in total. The Labute approximate surface area is 220 Å². The number of anilines is 1. The Bertz CT molecular complexity index is 1590. The first-order valence-electron chi connectivity index (χ1n) is 12.4. The van der Waals surface area contributed by atoms with Gasteiger partial charge in [-0.1, -0.05) is 36.4 Å². The summed E-state index contributed by atoms with van der Waals surface area (Å²) in [5, 5.41) is 2.99. The first-order chi connectivity index (χ1) is 18.7. The smallest absolute Gasteiger partial charge is 0.268 e. The van der Waals surface area contributed by atoms with E-state index in [2.05, 4.69) is 15.3 Å². The number of amides is 2. The summed E-state index contributed by atoms with van der Waals surface area (Å²) in [6.45, 7) is 1.25. The van der Waals surface area contributed by atoms with Crippen LogP contribution in [0.1, 0.15) is 37.7 Å². The van der Waals surface area contributed by atoms with Gasteiger partial charge >= 0.3 is 0 Å². The molecule has 38 heavy (non-hydrogen) atoms. The summed E-state index contributed by atoms with van der Waals surface area (Å²) in [7, 11) is 0. The van der Waals surface area contributed by atoms with Crippen LogP contribution in [0.5, 0.6) is 0 Å². The summed E-state index contributed by atoms with van der Waals surface area (Å²) in [6.07, 6.45) is 6.95. The van der Waals surface area contributed by atoms with Crippen molar-refractivity contribution in [2.75, 3.05) is 4.90 Å². The van der Waals surface area contributed by atoms with Crippen molar-refractivity contribution in [2.45, 2.75) is 19.6 Å². The van der Waals surface area contributed by atoms with Crippen LogP contribution in [0.25, 0.3) is 11.1 Å². The third-order valence-electron chi connectivity index (χ3n) is 6.80. The molecule has 0 unspecified atom stereocenters. The van der Waals surface area contributed by atoms with Crippen LogP contribution >= 0.6 is 0 Å². The number of carbonyl (C=O) groups is 2. The van der Waals surface area contributed by atoms with Gasteiger partial charge in [0.15, 0.2) is 0 Å². The highest BCUT2D eigenvalue weighted by molar-refractivity contribution is 6.06. The molecule has 6 rings (SSSR count). The molecule has 0 spiro atoms. The van der Waals surface area contributed by atoms with Crippen LogP contribution in [0.15, 0.2) is 110 Å². The Balaban J connectivity index is 1.28. The van der Waals surface area contributed by atoms with E-state index in [9.17, 15) is 9.59 Å². The Hall–Kier alpha value is -5.04. The number of benzene rings is 2. The fourth-order valence-corrected chi connectivity index (χ4v) is 4.82. The van der Waals surface area contributed by atoms with E-state index < -0.39 is 0 Å². The molecular weight excluding hydrogens is 474 g/mol. The van der Waals surface area contributed by atoms with Gasteiger partial charge in [0.25, 0.3) is 11.8 Å². The second kappa shape index (κ2) is 10.1. The third kappa shape index (κ3) is 4.57. The number of nitrogens with one attached hydrogen (secondary N) is 1. The number of nitrogens with zero attached hydrogens (tertiary/aromatic N) is 4. The number of pyridine rings is 2. The summed E-state index contributed by atoms with van der Waals surface area (Å²) in [6, 6.07) is 26.9. The quantitative estimate of drug-likeness (QED) is 0.366. The van der Waals surface area contributed by atoms with E-state index in [-0.39, 0.29) is 11.8 Å². The molecule has 5 aromatic rings. The second-order valence-electron chi connectivity index (χ2n) is 9.17. The molecule has 1 N–H and O–H groups in total. The second-order valence-corrected chi connectivity index (χ2v) is 9.17. The van der Waals surface area contributed by atoms with E-state index in [0.717, 1.165) is 33.6 Å². The van der Waals surface area contributed by atoms with E-state index in [0.29, 0.717) is 30.9 Å². The molecule has 2 aromatic carbocycles. The minimum atomic E-state index is -0.163. The van der Waals surface area contributed by atoms with Crippen LogP contribution in [0.3, 0.4) is 0 Å². The van der Waals surface area contributed by atoms with Crippen molar-refractivity contribution in [3.05, 3.63) is 138 Å². The van der Waals surface area contributed by atoms with E-state index in [1.54, 1.807) is 29.7 Å². The number of rotatable bonds is 5. The van der Waals surface area contributed by atoms with E-state index >= 15 is 0 Å². The van der Waals surface area contributed by atoms with Gasteiger partial charge in [0, 0.05) is 48.3 Å². The maximum absolute atomic E-state index is 13.8. The first-order valence-corrected chi connectivity index (χ1v) is 12.4. The molecule has 186 valence electrons. The van der Waals surface area contributed by atoms with Crippen molar-refractivity contribution >= 4 is 17.5 Å². The van der Waals surface area contributed by atoms with Crippen molar-refractivity contribution in [3.63, 3.8) is 0 Å². The van der Waals surface area contributed by atoms with Crippen LogP contribution in [-0.2, 0) is 19.6 Å². The molecule has 0 aliphatic carbocycles. The standard InChI is InChI=1S/C31H25N5O2/c37-30(34-19-22-4-3-15-33-18-22)29-12-11-27-21-36(28-6-2-1-5-26(28)20-35(27)29)31(38)25-9-7-23(8-10-25)24-13-16-32-17-14-24/h1-18H,19-21H2,(H,34,37). The predicted molar refractivity (Wildman–Crippen MR) is 146 cm³/mol. The van der Waals surface area contributed by atoms with Gasteiger partial charge in [0.2, 0.25) is 0 Å². The highest BCUT2D eigenvalue weighted by Gasteiger charge is 2.27. The molecule has 1 aliphatic rings. The van der Waals surface area contributed by atoms with Crippen molar-refractivity contribution < 1.29 is 9.59 Å². The minimum Gasteiger partial charge on any atom is -0.347 e. The largest absolute Gasteiger partial charge is 0.347 e. The molecule has 0 fully saturated rings. The lowest BCUT2D eigenvalue weighted by Gasteiger charge is -2.23. The Morgan fingerprint density at radius 2 is 1.55 bits per heavy atom. The Kier molecular flexibility index (Phi) is 6.24. The van der Waals surface area contributed by atoms with Gasteiger partial charge in [-0.2, -0.15) is 0 Å². The fourth-order valence-electron chi connectivity index (χ4n) is 4.82. The highest BCUT2D eigenvalue weighted by atomic mass is 16.2. The summed E-state index contributed by atoms with van der Waals surface area (Å²) in [5.41, 5.74) is 6.89. The fraction of sp³-hybridized carbons (Fsp3) is 0.0968. The molecule has 0 radical (unpaired) electrons. The number of para-hydroxylation sites is 1. The zero-order valence-corrected chi connectivity index (χ0v) is 20.6. The molecule has 3 aromatic heterocycles. The van der Waals surface area contributed by atoms with E-state index in [1.165, 1.54) is 0 Å². The summed E-state index contributed by atoms with van der Waals surface area (Å²) in [5.74, 6) is -0.250. The molecule has 0 atom stereocenters. The monoisotopic (exact) mass is 499 g/mol. The van der Waals surface area contributed by atoms with Crippen molar-refractivity contribution in [3.8, 4) is 11.1 Å². The van der Waals surface area contributed by atoms with Gasteiger partial charge in [-0.15, -0.1) is 0 Å². The number of carbonyl (C=O) groups excluding carboxylic acids is 2. The van der Waals surface area contributed by atoms with E-state index in [1.807, 2.05) is 89.5 Å². The Morgan fingerprint density at radius 3 is 2.34 bits per heavy atom. The molecule has 7 heteroatoms. The third-order valence-corrected chi connectivity index (χ3v) is 6.80. The van der Waals surface area contributed by atoms with Gasteiger partial charge in [-0.05, 0) is 70.8 Å². The number of hydrogen-bond acceptors (Lipinski definition) is 4. The normalized spacial score (nSPS) is 12.3. The van der Waals surface area contributed by atoms with Crippen LogP contribution in [0.2, 0.25) is 0 Å². The lowest BCUT2D eigenvalue weighted by molar-refractivity contribution is 0.0941. The van der Waals surface area contributed by atoms with Crippen molar-refractivity contribution in [1.82, 2.24) is 19.9 Å². The molecular formula is C31H25N5O2. The SMILES string of the molecule is O=C(NCc1cccnc1)c1ccc2n1Cc1ccccc1N(C(=O)c1ccc(-c3ccncc3)cc1)C2. The van der Waals surface area contributed by atoms with Crippen LogP contribution < -0.4 is 10.2 Å². The van der Waals surface area contributed by atoms with Gasteiger partial charge in [0.1, 0.15) is 5.69 Å². The Morgan fingerprint density at radius 1 is 0.763 bits per heavy atom. The van der Waals surface area contributed by atoms with Crippen LogP contribution in [0.4, 0.5) is 5.69 Å². The summed E-state index contributed by atoms with van der Waals surface area (Å²) in [4.78, 5) is 36.9. The van der Waals surface area contributed by atoms with Gasteiger partial charge in [-0.3, -0.25) is 19.6 Å². The highest BCUT2D eigenvalue weighted by Crippen LogP contribution is 2.31. The molecule has 0 bridgehead atoms. The molecule has 1 aliphatic heterocycles. The molecule has 4 heterocycles. The number of aromatic nitrogens is 3.